The average molecular weight is 241 g/mol. The first-order chi connectivity index (χ1) is 7.15. The van der Waals surface area contributed by atoms with Crippen LogP contribution in [0, 0.1) is 17.3 Å². The Bertz CT molecular complexity index is 364. The Morgan fingerprint density at radius 2 is 2.20 bits per heavy atom. The maximum Gasteiger partial charge on any atom is 0.0266 e. The fraction of sp³-hybridized carbons (Fsp3) is 0.692. The van der Waals surface area contributed by atoms with E-state index >= 15 is 0 Å². The van der Waals surface area contributed by atoms with Gasteiger partial charge in [0.05, 0.1) is 0 Å². The molecule has 0 spiro atoms. The van der Waals surface area contributed by atoms with E-state index in [4.69, 9.17) is 11.6 Å². The molecule has 1 heterocycles. The van der Waals surface area contributed by atoms with E-state index < -0.39 is 0 Å². The van der Waals surface area contributed by atoms with Crippen LogP contribution in [0.2, 0.25) is 0 Å². The van der Waals surface area contributed by atoms with Gasteiger partial charge in [0.1, 0.15) is 0 Å². The summed E-state index contributed by atoms with van der Waals surface area (Å²) in [5.41, 5.74) is 0.851. The molecule has 0 saturated heterocycles. The molecule has 82 valence electrons. The molecule has 1 aromatic rings. The van der Waals surface area contributed by atoms with Crippen LogP contribution in [-0.2, 0) is 5.41 Å². The Morgan fingerprint density at radius 3 is 2.60 bits per heavy atom. The highest BCUT2D eigenvalue weighted by molar-refractivity contribution is 7.10. The number of hydrogen-bond acceptors (Lipinski definition) is 1. The summed E-state index contributed by atoms with van der Waals surface area (Å²) in [6.45, 7) is 4.80. The Kier molecular flexibility index (Phi) is 2.04. The summed E-state index contributed by atoms with van der Waals surface area (Å²) in [5, 5.41) is 2.21. The molecule has 2 fully saturated rings. The molecule has 15 heavy (non-hydrogen) atoms. The predicted octanol–water partition coefficient (Wildman–Crippen LogP) is 4.29. The van der Waals surface area contributed by atoms with Crippen LogP contribution in [0.1, 0.15) is 31.6 Å². The van der Waals surface area contributed by atoms with Gasteiger partial charge in [-0.15, -0.1) is 22.9 Å². The first kappa shape index (κ1) is 10.2. The van der Waals surface area contributed by atoms with Crippen molar-refractivity contribution in [3.8, 4) is 0 Å². The van der Waals surface area contributed by atoms with Gasteiger partial charge in [-0.2, -0.15) is 0 Å². The monoisotopic (exact) mass is 240 g/mol. The topological polar surface area (TPSA) is 0 Å². The third-order valence-electron chi connectivity index (χ3n) is 4.71. The number of alkyl halides is 1. The lowest BCUT2D eigenvalue weighted by Gasteiger charge is -2.18. The van der Waals surface area contributed by atoms with E-state index in [-0.39, 0.29) is 0 Å². The molecule has 2 atom stereocenters. The highest BCUT2D eigenvalue weighted by atomic mass is 35.5. The van der Waals surface area contributed by atoms with Crippen molar-refractivity contribution < 1.29 is 0 Å². The maximum absolute atomic E-state index is 6.16. The predicted molar refractivity (Wildman–Crippen MR) is 66.7 cm³/mol. The van der Waals surface area contributed by atoms with Crippen LogP contribution in [0.15, 0.2) is 17.5 Å². The second kappa shape index (κ2) is 3.01. The minimum Gasteiger partial charge on any atom is -0.148 e. The average Bonchev–Trinajstić information content (AvgIpc) is 3.02. The van der Waals surface area contributed by atoms with Crippen LogP contribution in [0.4, 0.5) is 0 Å². The number of halogens is 1. The second-order valence-electron chi connectivity index (χ2n) is 5.55. The largest absolute Gasteiger partial charge is 0.148 e. The lowest BCUT2D eigenvalue weighted by Crippen LogP contribution is -2.16. The summed E-state index contributed by atoms with van der Waals surface area (Å²) in [7, 11) is 0. The van der Waals surface area contributed by atoms with E-state index in [0.717, 1.165) is 11.8 Å². The minimum atomic E-state index is 0.417. The van der Waals surface area contributed by atoms with Gasteiger partial charge in [-0.3, -0.25) is 0 Å². The fourth-order valence-corrected chi connectivity index (χ4v) is 5.63. The zero-order chi connectivity index (χ0) is 10.7. The Hall–Kier alpha value is -0.0100. The van der Waals surface area contributed by atoms with Crippen molar-refractivity contribution in [1.82, 2.24) is 0 Å². The van der Waals surface area contributed by atoms with Gasteiger partial charge in [0.15, 0.2) is 0 Å². The summed E-state index contributed by atoms with van der Waals surface area (Å²) in [6.07, 6.45) is 2.82. The van der Waals surface area contributed by atoms with E-state index in [1.807, 2.05) is 11.3 Å². The van der Waals surface area contributed by atoms with Gasteiger partial charge >= 0.3 is 0 Å². The third kappa shape index (κ3) is 1.09. The molecule has 0 radical (unpaired) electrons. The summed E-state index contributed by atoms with van der Waals surface area (Å²) >= 11 is 8.08. The Balaban J connectivity index is 2.05. The van der Waals surface area contributed by atoms with Crippen molar-refractivity contribution in [3.05, 3.63) is 22.4 Å². The van der Waals surface area contributed by atoms with E-state index in [9.17, 15) is 0 Å². The molecule has 0 aliphatic heterocycles. The van der Waals surface area contributed by atoms with Crippen LogP contribution in [-0.4, -0.2) is 5.88 Å². The van der Waals surface area contributed by atoms with Crippen LogP contribution in [0.25, 0.3) is 0 Å². The molecule has 3 rings (SSSR count). The second-order valence-corrected chi connectivity index (χ2v) is 6.81. The number of rotatable bonds is 3. The molecule has 2 heteroatoms. The van der Waals surface area contributed by atoms with Gasteiger partial charge in [0.25, 0.3) is 0 Å². The van der Waals surface area contributed by atoms with Crippen LogP contribution in [0.5, 0.6) is 0 Å². The van der Waals surface area contributed by atoms with Crippen molar-refractivity contribution in [2.75, 3.05) is 5.88 Å². The minimum absolute atomic E-state index is 0.417. The van der Waals surface area contributed by atoms with Crippen LogP contribution in [0.3, 0.4) is 0 Å². The molecule has 0 nitrogen and oxygen atoms in total. The molecule has 1 aromatic heterocycles. The first-order valence-corrected chi connectivity index (χ1v) is 7.17. The molecule has 0 aromatic carbocycles. The van der Waals surface area contributed by atoms with Gasteiger partial charge in [-0.05, 0) is 41.5 Å². The lowest BCUT2D eigenvalue weighted by atomic mass is 9.89. The zero-order valence-corrected chi connectivity index (χ0v) is 10.9. The zero-order valence-electron chi connectivity index (χ0n) is 9.29. The molecule has 2 aliphatic rings. The van der Waals surface area contributed by atoms with Crippen molar-refractivity contribution >= 4 is 22.9 Å². The van der Waals surface area contributed by atoms with E-state index in [0.29, 0.717) is 16.7 Å². The quantitative estimate of drug-likeness (QED) is 0.692. The van der Waals surface area contributed by atoms with Crippen molar-refractivity contribution in [3.63, 3.8) is 0 Å². The summed E-state index contributed by atoms with van der Waals surface area (Å²) in [6, 6.07) is 4.50. The molecule has 2 aliphatic carbocycles. The van der Waals surface area contributed by atoms with Gasteiger partial charge in [-0.25, -0.2) is 0 Å². The Labute approximate surface area is 101 Å². The van der Waals surface area contributed by atoms with Crippen molar-refractivity contribution in [1.29, 1.82) is 0 Å². The smallest absolute Gasteiger partial charge is 0.0266 e. The van der Waals surface area contributed by atoms with Crippen molar-refractivity contribution in [2.45, 2.75) is 32.1 Å². The summed E-state index contributed by atoms with van der Waals surface area (Å²) < 4.78 is 0. The molecule has 0 amide bonds. The van der Waals surface area contributed by atoms with Crippen LogP contribution >= 0.6 is 22.9 Å². The lowest BCUT2D eigenvalue weighted by molar-refractivity contribution is 0.455. The molecular weight excluding hydrogens is 224 g/mol. The van der Waals surface area contributed by atoms with Gasteiger partial charge in [0.2, 0.25) is 0 Å². The Morgan fingerprint density at radius 1 is 1.47 bits per heavy atom. The van der Waals surface area contributed by atoms with Gasteiger partial charge in [0, 0.05) is 16.2 Å². The summed E-state index contributed by atoms with van der Waals surface area (Å²) in [5.74, 6) is 2.43. The molecular formula is C13H17ClS. The molecule has 0 bridgehead atoms. The van der Waals surface area contributed by atoms with Gasteiger partial charge < -0.3 is 0 Å². The normalized spacial score (nSPS) is 37.9. The van der Waals surface area contributed by atoms with Gasteiger partial charge in [-0.1, -0.05) is 19.9 Å². The standard InChI is InChI=1S/C13H17ClS/c1-12(2)10(8-14)13(12,9-5-6-9)11-4-3-7-15-11/h3-4,7,9-10H,5-6,8H2,1-2H3. The maximum atomic E-state index is 6.16. The number of thiophene rings is 1. The van der Waals surface area contributed by atoms with Crippen molar-refractivity contribution in [2.24, 2.45) is 17.3 Å². The van der Waals surface area contributed by atoms with Crippen LogP contribution < -0.4 is 0 Å². The summed E-state index contributed by atoms with van der Waals surface area (Å²) in [4.78, 5) is 1.58. The van der Waals surface area contributed by atoms with E-state index in [2.05, 4.69) is 31.4 Å². The highest BCUT2D eigenvalue weighted by Crippen LogP contribution is 2.77. The fourth-order valence-electron chi connectivity index (χ4n) is 3.77. The molecule has 2 saturated carbocycles. The number of hydrogen-bond donors (Lipinski definition) is 0. The van der Waals surface area contributed by atoms with E-state index in [1.54, 1.807) is 4.88 Å². The van der Waals surface area contributed by atoms with E-state index in [1.165, 1.54) is 12.8 Å². The third-order valence-corrected chi connectivity index (χ3v) is 6.04. The SMILES string of the molecule is CC1(C)C(CCl)C1(c1cccs1)C1CC1. The molecule has 0 N–H and O–H groups in total. The first-order valence-electron chi connectivity index (χ1n) is 5.75. The highest BCUT2D eigenvalue weighted by Gasteiger charge is 2.76. The molecule has 2 unspecified atom stereocenters.